The van der Waals surface area contributed by atoms with E-state index in [1.54, 1.807) is 12.1 Å². The summed E-state index contributed by atoms with van der Waals surface area (Å²) in [4.78, 5) is 0.254. The second kappa shape index (κ2) is 5.74. The van der Waals surface area contributed by atoms with Gasteiger partial charge in [0.05, 0.1) is 4.90 Å². The second-order valence-electron chi connectivity index (χ2n) is 5.90. The van der Waals surface area contributed by atoms with Gasteiger partial charge in [0, 0.05) is 12.2 Å². The van der Waals surface area contributed by atoms with Crippen molar-refractivity contribution in [1.82, 2.24) is 4.72 Å². The summed E-state index contributed by atoms with van der Waals surface area (Å²) in [5.41, 5.74) is 7.34. The van der Waals surface area contributed by atoms with Crippen LogP contribution in [0.25, 0.3) is 0 Å². The highest BCUT2D eigenvalue weighted by molar-refractivity contribution is 7.89. The van der Waals surface area contributed by atoms with Gasteiger partial charge in [-0.1, -0.05) is 25.8 Å². The van der Waals surface area contributed by atoms with Gasteiger partial charge in [0.2, 0.25) is 10.0 Å². The van der Waals surface area contributed by atoms with Crippen molar-refractivity contribution in [3.8, 4) is 0 Å². The molecule has 0 amide bonds. The van der Waals surface area contributed by atoms with Crippen LogP contribution in [0.4, 0.5) is 5.69 Å². The van der Waals surface area contributed by atoms with Gasteiger partial charge in [-0.25, -0.2) is 13.1 Å². The molecule has 0 unspecified atom stereocenters. The van der Waals surface area contributed by atoms with Crippen molar-refractivity contribution in [2.75, 3.05) is 12.3 Å². The van der Waals surface area contributed by atoms with Crippen molar-refractivity contribution in [3.05, 3.63) is 23.8 Å². The van der Waals surface area contributed by atoms with Gasteiger partial charge in [-0.3, -0.25) is 0 Å². The van der Waals surface area contributed by atoms with Crippen LogP contribution in [0.5, 0.6) is 0 Å². The standard InChI is InChI=1S/C15H24N2O2S/c1-3-15(8-4-5-9-15)11-17-20(18,19)13-7-6-12(2)14(16)10-13/h6-7,10,17H,3-5,8-9,11,16H2,1-2H3. The molecule has 5 heteroatoms. The van der Waals surface area contributed by atoms with E-state index in [2.05, 4.69) is 11.6 Å². The molecule has 0 aliphatic heterocycles. The lowest BCUT2D eigenvalue weighted by Gasteiger charge is -2.27. The molecule has 1 fully saturated rings. The highest BCUT2D eigenvalue weighted by Gasteiger charge is 2.33. The fourth-order valence-corrected chi connectivity index (χ4v) is 4.09. The molecule has 1 aromatic carbocycles. The predicted molar refractivity (Wildman–Crippen MR) is 82.0 cm³/mol. The maximum atomic E-state index is 12.3. The molecule has 0 aromatic heterocycles. The average Bonchev–Trinajstić information content (AvgIpc) is 2.89. The third kappa shape index (κ3) is 3.15. The van der Waals surface area contributed by atoms with Gasteiger partial charge in [-0.15, -0.1) is 0 Å². The molecule has 0 bridgehead atoms. The highest BCUT2D eigenvalue weighted by Crippen LogP contribution is 2.40. The van der Waals surface area contributed by atoms with E-state index in [1.807, 2.05) is 6.92 Å². The monoisotopic (exact) mass is 296 g/mol. The molecular formula is C15H24N2O2S. The van der Waals surface area contributed by atoms with E-state index >= 15 is 0 Å². The Morgan fingerprint density at radius 3 is 2.50 bits per heavy atom. The molecule has 1 aliphatic rings. The molecule has 0 heterocycles. The molecule has 2 rings (SSSR count). The Bertz CT molecular complexity index is 576. The molecule has 0 saturated heterocycles. The van der Waals surface area contributed by atoms with Gasteiger partial charge >= 0.3 is 0 Å². The van der Waals surface area contributed by atoms with Crippen LogP contribution < -0.4 is 10.5 Å². The number of rotatable bonds is 5. The summed E-state index contributed by atoms with van der Waals surface area (Å²) < 4.78 is 27.5. The molecule has 1 aliphatic carbocycles. The van der Waals surface area contributed by atoms with Gasteiger partial charge in [0.25, 0.3) is 0 Å². The molecule has 1 aromatic rings. The maximum absolute atomic E-state index is 12.3. The Labute approximate surface area is 121 Å². The van der Waals surface area contributed by atoms with Crippen molar-refractivity contribution in [1.29, 1.82) is 0 Å². The first-order valence-corrected chi connectivity index (χ1v) is 8.73. The van der Waals surface area contributed by atoms with Gasteiger partial charge < -0.3 is 5.73 Å². The van der Waals surface area contributed by atoms with Gasteiger partial charge in [0.1, 0.15) is 0 Å². The van der Waals surface area contributed by atoms with E-state index in [0.717, 1.165) is 24.8 Å². The topological polar surface area (TPSA) is 72.2 Å². The zero-order valence-electron chi connectivity index (χ0n) is 12.3. The molecule has 0 radical (unpaired) electrons. The summed E-state index contributed by atoms with van der Waals surface area (Å²) in [6.45, 7) is 4.53. The first-order chi connectivity index (χ1) is 9.38. The predicted octanol–water partition coefficient (Wildman–Crippen LogP) is 2.83. The van der Waals surface area contributed by atoms with Crippen LogP contribution in [0.3, 0.4) is 0 Å². The van der Waals surface area contributed by atoms with Gasteiger partial charge in [0.15, 0.2) is 0 Å². The van der Waals surface area contributed by atoms with Crippen molar-refractivity contribution >= 4 is 15.7 Å². The van der Waals surface area contributed by atoms with Crippen LogP contribution in [0.1, 0.15) is 44.6 Å². The lowest BCUT2D eigenvalue weighted by molar-refractivity contribution is 0.285. The molecular weight excluding hydrogens is 272 g/mol. The molecule has 20 heavy (non-hydrogen) atoms. The number of anilines is 1. The Hall–Kier alpha value is -1.07. The SMILES string of the molecule is CCC1(CNS(=O)(=O)c2ccc(C)c(N)c2)CCCC1. The van der Waals surface area contributed by atoms with E-state index < -0.39 is 10.0 Å². The Morgan fingerprint density at radius 2 is 1.95 bits per heavy atom. The quantitative estimate of drug-likeness (QED) is 0.821. The zero-order chi connectivity index (χ0) is 14.8. The van der Waals surface area contributed by atoms with Crippen LogP contribution >= 0.6 is 0 Å². The second-order valence-corrected chi connectivity index (χ2v) is 7.67. The lowest BCUT2D eigenvalue weighted by atomic mass is 9.84. The summed E-state index contributed by atoms with van der Waals surface area (Å²) in [5.74, 6) is 0. The average molecular weight is 296 g/mol. The minimum Gasteiger partial charge on any atom is -0.398 e. The summed E-state index contributed by atoms with van der Waals surface area (Å²) in [5, 5.41) is 0. The Kier molecular flexibility index (Phi) is 4.39. The minimum absolute atomic E-state index is 0.142. The molecule has 112 valence electrons. The summed E-state index contributed by atoms with van der Waals surface area (Å²) in [7, 11) is -3.47. The largest absolute Gasteiger partial charge is 0.398 e. The van der Waals surface area contributed by atoms with E-state index in [9.17, 15) is 8.42 Å². The van der Waals surface area contributed by atoms with E-state index in [-0.39, 0.29) is 10.3 Å². The van der Waals surface area contributed by atoms with Crippen LogP contribution in [0, 0.1) is 12.3 Å². The first-order valence-electron chi connectivity index (χ1n) is 7.24. The smallest absolute Gasteiger partial charge is 0.240 e. The number of nitrogens with two attached hydrogens (primary N) is 1. The number of nitrogens with one attached hydrogen (secondary N) is 1. The normalized spacial score (nSPS) is 18.3. The highest BCUT2D eigenvalue weighted by atomic mass is 32.2. The van der Waals surface area contributed by atoms with Crippen LogP contribution in [-0.2, 0) is 10.0 Å². The molecule has 0 atom stereocenters. The van der Waals surface area contributed by atoms with E-state index in [0.29, 0.717) is 12.2 Å². The number of benzene rings is 1. The number of hydrogen-bond donors (Lipinski definition) is 2. The van der Waals surface area contributed by atoms with Crippen molar-refractivity contribution in [3.63, 3.8) is 0 Å². The van der Waals surface area contributed by atoms with Crippen molar-refractivity contribution in [2.24, 2.45) is 5.41 Å². The van der Waals surface area contributed by atoms with Crippen LogP contribution in [0.15, 0.2) is 23.1 Å². The zero-order valence-corrected chi connectivity index (χ0v) is 13.1. The third-order valence-electron chi connectivity index (χ3n) is 4.61. The third-order valence-corrected chi connectivity index (χ3v) is 6.01. The number of aryl methyl sites for hydroxylation is 1. The molecule has 0 spiro atoms. The summed E-state index contributed by atoms with van der Waals surface area (Å²) >= 11 is 0. The van der Waals surface area contributed by atoms with E-state index in [1.165, 1.54) is 18.9 Å². The minimum atomic E-state index is -3.47. The maximum Gasteiger partial charge on any atom is 0.240 e. The van der Waals surface area contributed by atoms with Crippen LogP contribution in [-0.4, -0.2) is 15.0 Å². The molecule has 1 saturated carbocycles. The van der Waals surface area contributed by atoms with Gasteiger partial charge in [-0.05, 0) is 49.3 Å². The van der Waals surface area contributed by atoms with Gasteiger partial charge in [-0.2, -0.15) is 0 Å². The van der Waals surface area contributed by atoms with Crippen molar-refractivity contribution in [2.45, 2.75) is 50.8 Å². The Balaban J connectivity index is 2.13. The summed E-state index contributed by atoms with van der Waals surface area (Å²) in [6, 6.07) is 4.89. The molecule has 4 nitrogen and oxygen atoms in total. The number of nitrogen functional groups attached to an aromatic ring is 1. The fraction of sp³-hybridized carbons (Fsp3) is 0.600. The molecule has 3 N–H and O–H groups in total. The Morgan fingerprint density at radius 1 is 1.30 bits per heavy atom. The lowest BCUT2D eigenvalue weighted by Crippen LogP contribution is -2.35. The van der Waals surface area contributed by atoms with E-state index in [4.69, 9.17) is 5.73 Å². The number of sulfonamides is 1. The van der Waals surface area contributed by atoms with Crippen LogP contribution in [0.2, 0.25) is 0 Å². The number of hydrogen-bond acceptors (Lipinski definition) is 3. The fourth-order valence-electron chi connectivity index (χ4n) is 2.90. The summed E-state index contributed by atoms with van der Waals surface area (Å²) in [6.07, 6.45) is 5.65. The van der Waals surface area contributed by atoms with Crippen molar-refractivity contribution < 1.29 is 8.42 Å². The first kappa shape index (κ1) is 15.3.